The second-order valence-electron chi connectivity index (χ2n) is 3.79. The van der Waals surface area contributed by atoms with Crippen LogP contribution in [0.15, 0.2) is 37.2 Å². The molecule has 3 nitrogen and oxygen atoms in total. The highest BCUT2D eigenvalue weighted by Gasteiger charge is 2.22. The number of hydrogen-bond acceptors (Lipinski definition) is 3. The molecule has 1 saturated heterocycles. The van der Waals surface area contributed by atoms with Crippen LogP contribution in [0.1, 0.15) is 11.6 Å². The van der Waals surface area contributed by atoms with E-state index < -0.39 is 0 Å². The maximum atomic E-state index is 4.17. The van der Waals surface area contributed by atoms with E-state index in [2.05, 4.69) is 27.8 Å². The summed E-state index contributed by atoms with van der Waals surface area (Å²) in [6, 6.07) is 4.57. The predicted molar refractivity (Wildman–Crippen MR) is 68.9 cm³/mol. The fourth-order valence-corrected chi connectivity index (χ4v) is 2.03. The molecule has 1 aromatic heterocycles. The smallest absolute Gasteiger partial charge is 0.0491 e. The third kappa shape index (κ3) is 3.04. The number of nitrogens with one attached hydrogen (secondary N) is 1. The minimum Gasteiger partial charge on any atom is -0.314 e. The SMILES string of the molecule is C=CCN1CCNCC1c1cccnc1.Cl. The molecule has 2 heterocycles. The molecule has 1 aliphatic heterocycles. The lowest BCUT2D eigenvalue weighted by Gasteiger charge is -2.35. The van der Waals surface area contributed by atoms with E-state index in [1.165, 1.54) is 5.56 Å². The van der Waals surface area contributed by atoms with Crippen molar-refractivity contribution in [2.24, 2.45) is 0 Å². The van der Waals surface area contributed by atoms with Crippen molar-refractivity contribution in [3.05, 3.63) is 42.7 Å². The van der Waals surface area contributed by atoms with E-state index in [0.717, 1.165) is 26.2 Å². The fourth-order valence-electron chi connectivity index (χ4n) is 2.03. The zero-order valence-corrected chi connectivity index (χ0v) is 10.1. The molecule has 0 amide bonds. The van der Waals surface area contributed by atoms with Gasteiger partial charge >= 0.3 is 0 Å². The Morgan fingerprint density at radius 3 is 3.19 bits per heavy atom. The van der Waals surface area contributed by atoms with Crippen molar-refractivity contribution in [2.45, 2.75) is 6.04 Å². The summed E-state index contributed by atoms with van der Waals surface area (Å²) in [6.45, 7) is 7.89. The van der Waals surface area contributed by atoms with Crippen molar-refractivity contribution < 1.29 is 0 Å². The summed E-state index contributed by atoms with van der Waals surface area (Å²) in [7, 11) is 0. The monoisotopic (exact) mass is 239 g/mol. The average molecular weight is 240 g/mol. The Bertz CT molecular complexity index is 315. The number of nitrogens with zero attached hydrogens (tertiary/aromatic N) is 2. The minimum absolute atomic E-state index is 0. The Balaban J connectivity index is 0.00000128. The summed E-state index contributed by atoms with van der Waals surface area (Å²) < 4.78 is 0. The summed E-state index contributed by atoms with van der Waals surface area (Å²) in [5.74, 6) is 0. The molecule has 1 aromatic rings. The highest BCUT2D eigenvalue weighted by Crippen LogP contribution is 2.20. The van der Waals surface area contributed by atoms with Crippen LogP contribution in [0.4, 0.5) is 0 Å². The van der Waals surface area contributed by atoms with Crippen molar-refractivity contribution in [1.82, 2.24) is 15.2 Å². The van der Waals surface area contributed by atoms with Crippen molar-refractivity contribution in [2.75, 3.05) is 26.2 Å². The lowest BCUT2D eigenvalue weighted by molar-refractivity contribution is 0.180. The molecule has 1 atom stereocenters. The van der Waals surface area contributed by atoms with Gasteiger partial charge in [0.1, 0.15) is 0 Å². The van der Waals surface area contributed by atoms with Gasteiger partial charge in [-0.1, -0.05) is 12.1 Å². The van der Waals surface area contributed by atoms with Crippen LogP contribution in [0.5, 0.6) is 0 Å². The second kappa shape index (κ2) is 6.63. The molecule has 4 heteroatoms. The highest BCUT2D eigenvalue weighted by molar-refractivity contribution is 5.85. The van der Waals surface area contributed by atoms with Crippen LogP contribution in [-0.4, -0.2) is 36.1 Å². The normalized spacial score (nSPS) is 21.1. The van der Waals surface area contributed by atoms with Crippen LogP contribution in [0, 0.1) is 0 Å². The van der Waals surface area contributed by atoms with E-state index in [1.807, 2.05) is 24.5 Å². The van der Waals surface area contributed by atoms with Crippen LogP contribution in [0.25, 0.3) is 0 Å². The summed E-state index contributed by atoms with van der Waals surface area (Å²) in [4.78, 5) is 6.61. The number of aromatic nitrogens is 1. The third-order valence-corrected chi connectivity index (χ3v) is 2.79. The first-order valence-corrected chi connectivity index (χ1v) is 5.37. The Labute approximate surface area is 103 Å². The van der Waals surface area contributed by atoms with E-state index in [9.17, 15) is 0 Å². The van der Waals surface area contributed by atoms with Crippen molar-refractivity contribution >= 4 is 12.4 Å². The average Bonchev–Trinajstić information content (AvgIpc) is 2.31. The van der Waals surface area contributed by atoms with Gasteiger partial charge in [-0.25, -0.2) is 0 Å². The van der Waals surface area contributed by atoms with Crippen molar-refractivity contribution in [1.29, 1.82) is 0 Å². The molecule has 0 aliphatic carbocycles. The van der Waals surface area contributed by atoms with Crippen LogP contribution in [0.3, 0.4) is 0 Å². The van der Waals surface area contributed by atoms with Gasteiger partial charge in [0.2, 0.25) is 0 Å². The minimum atomic E-state index is 0. The molecular weight excluding hydrogens is 222 g/mol. The third-order valence-electron chi connectivity index (χ3n) is 2.79. The molecule has 1 aliphatic rings. The quantitative estimate of drug-likeness (QED) is 0.813. The molecule has 2 rings (SSSR count). The summed E-state index contributed by atoms with van der Waals surface area (Å²) >= 11 is 0. The van der Waals surface area contributed by atoms with Gasteiger partial charge in [0.05, 0.1) is 0 Å². The Morgan fingerprint density at radius 2 is 2.50 bits per heavy atom. The van der Waals surface area contributed by atoms with E-state index >= 15 is 0 Å². The van der Waals surface area contributed by atoms with Gasteiger partial charge in [0.25, 0.3) is 0 Å². The molecule has 0 bridgehead atoms. The molecule has 88 valence electrons. The molecule has 0 saturated carbocycles. The molecule has 16 heavy (non-hydrogen) atoms. The number of pyridine rings is 1. The largest absolute Gasteiger partial charge is 0.314 e. The molecule has 0 aromatic carbocycles. The standard InChI is InChI=1S/C12H17N3.ClH/c1-2-7-15-8-6-14-10-12(15)11-4-3-5-13-9-11;/h2-5,9,12,14H,1,6-8,10H2;1H. The van der Waals surface area contributed by atoms with E-state index in [4.69, 9.17) is 0 Å². The number of piperazine rings is 1. The zero-order valence-electron chi connectivity index (χ0n) is 9.30. The van der Waals surface area contributed by atoms with Gasteiger partial charge in [-0.3, -0.25) is 9.88 Å². The highest BCUT2D eigenvalue weighted by atomic mass is 35.5. The van der Waals surface area contributed by atoms with E-state index in [1.54, 1.807) is 0 Å². The van der Waals surface area contributed by atoms with Gasteiger partial charge in [0, 0.05) is 44.6 Å². The van der Waals surface area contributed by atoms with Gasteiger partial charge in [-0.05, 0) is 11.6 Å². The zero-order chi connectivity index (χ0) is 10.5. The van der Waals surface area contributed by atoms with E-state index in [-0.39, 0.29) is 12.4 Å². The van der Waals surface area contributed by atoms with Crippen molar-refractivity contribution in [3.8, 4) is 0 Å². The lowest BCUT2D eigenvalue weighted by Crippen LogP contribution is -2.45. The Hall–Kier alpha value is -0.900. The molecule has 0 spiro atoms. The topological polar surface area (TPSA) is 28.2 Å². The Kier molecular flexibility index (Phi) is 5.46. The maximum absolute atomic E-state index is 4.17. The summed E-state index contributed by atoms with van der Waals surface area (Å²) in [5.41, 5.74) is 1.28. The van der Waals surface area contributed by atoms with Crippen LogP contribution >= 0.6 is 12.4 Å². The molecule has 1 unspecified atom stereocenters. The molecule has 1 N–H and O–H groups in total. The van der Waals surface area contributed by atoms with Crippen LogP contribution in [-0.2, 0) is 0 Å². The first-order chi connectivity index (χ1) is 7.42. The number of halogens is 1. The van der Waals surface area contributed by atoms with Crippen molar-refractivity contribution in [3.63, 3.8) is 0 Å². The first-order valence-electron chi connectivity index (χ1n) is 5.37. The van der Waals surface area contributed by atoms with Crippen LogP contribution in [0.2, 0.25) is 0 Å². The summed E-state index contributed by atoms with van der Waals surface area (Å²) in [6.07, 6.45) is 5.74. The Morgan fingerprint density at radius 1 is 1.62 bits per heavy atom. The van der Waals surface area contributed by atoms with E-state index in [0.29, 0.717) is 6.04 Å². The lowest BCUT2D eigenvalue weighted by atomic mass is 10.1. The number of hydrogen-bond donors (Lipinski definition) is 1. The molecule has 1 fully saturated rings. The number of rotatable bonds is 3. The predicted octanol–water partition coefficient (Wildman–Crippen LogP) is 1.64. The fraction of sp³-hybridized carbons (Fsp3) is 0.417. The molecule has 0 radical (unpaired) electrons. The summed E-state index contributed by atoms with van der Waals surface area (Å²) in [5, 5.41) is 3.42. The van der Waals surface area contributed by atoms with Gasteiger partial charge in [-0.15, -0.1) is 19.0 Å². The van der Waals surface area contributed by atoms with Crippen LogP contribution < -0.4 is 5.32 Å². The van der Waals surface area contributed by atoms with Gasteiger partial charge in [0.15, 0.2) is 0 Å². The van der Waals surface area contributed by atoms with Gasteiger partial charge in [-0.2, -0.15) is 0 Å². The second-order valence-corrected chi connectivity index (χ2v) is 3.79. The maximum Gasteiger partial charge on any atom is 0.0491 e. The first kappa shape index (κ1) is 13.2. The van der Waals surface area contributed by atoms with Gasteiger partial charge < -0.3 is 5.32 Å². The molecular formula is C12H18ClN3.